The van der Waals surface area contributed by atoms with Crippen LogP contribution in [-0.2, 0) is 81.0 Å². The van der Waals surface area contributed by atoms with E-state index in [9.17, 15) is 120 Å². The van der Waals surface area contributed by atoms with Crippen molar-refractivity contribution in [2.24, 2.45) is 5.92 Å². The van der Waals surface area contributed by atoms with E-state index in [1.54, 1.807) is 13.8 Å². The number of carbonyl (C=O) groups excluding carboxylic acids is 8. The summed E-state index contributed by atoms with van der Waals surface area (Å²) in [4.78, 5) is 106. The van der Waals surface area contributed by atoms with Gasteiger partial charge in [0.2, 0.25) is 35.4 Å². The Balaban J connectivity index is 1.03. The Hall–Kier alpha value is -4.92. The number of nitrogens with zero attached hydrogens (tertiary/aromatic N) is 2. The van der Waals surface area contributed by atoms with Crippen molar-refractivity contribution in [3.05, 3.63) is 0 Å². The molecule has 0 aromatic heterocycles. The predicted octanol–water partition coefficient (Wildman–Crippen LogP) is -10.3. The molecule has 0 radical (unpaired) electrons. The normalized spacial score (nSPS) is 32.6. The molecule has 4 heterocycles. The van der Waals surface area contributed by atoms with E-state index in [2.05, 4.69) is 31.9 Å². The van der Waals surface area contributed by atoms with Crippen molar-refractivity contribution in [1.82, 2.24) is 41.7 Å². The molecule has 1 aliphatic carbocycles. The SMILES string of the molecule is CCC(=O)CCCCCNC(=O)CN(CC(=O)NCCCCCNC(=O)CN(CC(=O)NCCO[C@@H]1O[C@@H](C)[C@@H](O)[C@H](O)[C@@H]1O)CC(=O)NCCO[C@@H]1C[C@@H](C)[C@@H](O)[C@@H](O)[C@@H]1O)CC(=O)NCCCCCC(=O)CCCO[C@H]1O[C@H](CO[C@H]2O[C@H](CO)[C@@H](O)[C@H](O)[C@@H]2O)[C@@H](O)[C@H](O[C@H]2O[C@H](CO)[C@@H](O)[C@H](O)[C@@H]2O)[C@@H]1O. The third-order valence-corrected chi connectivity index (χ3v) is 19.5. The van der Waals surface area contributed by atoms with Gasteiger partial charge in [-0.2, -0.15) is 0 Å². The first kappa shape index (κ1) is 95.7. The lowest BCUT2D eigenvalue weighted by Crippen LogP contribution is -2.65. The molecule has 22 N–H and O–H groups in total. The minimum absolute atomic E-state index is 0.0111. The number of ether oxygens (including phenoxy) is 9. The number of amides is 6. The Morgan fingerprint density at radius 2 is 0.727 bits per heavy atom. The van der Waals surface area contributed by atoms with Gasteiger partial charge in [-0.25, -0.2) is 0 Å². The van der Waals surface area contributed by atoms with E-state index in [1.165, 1.54) is 16.7 Å². The van der Waals surface area contributed by atoms with Crippen molar-refractivity contribution in [2.75, 3.05) is 118 Å². The van der Waals surface area contributed by atoms with Gasteiger partial charge in [0.25, 0.3) is 0 Å². The van der Waals surface area contributed by atoms with E-state index in [4.69, 9.17) is 42.6 Å². The van der Waals surface area contributed by atoms with Crippen LogP contribution in [0.15, 0.2) is 0 Å². The second-order valence-corrected chi connectivity index (χ2v) is 28.5. The number of carbonyl (C=O) groups is 8. The summed E-state index contributed by atoms with van der Waals surface area (Å²) in [7, 11) is 0. The van der Waals surface area contributed by atoms with Crippen LogP contribution in [0.25, 0.3) is 0 Å². The van der Waals surface area contributed by atoms with Crippen molar-refractivity contribution in [2.45, 2.75) is 264 Å². The maximum atomic E-state index is 13.3. The Labute approximate surface area is 637 Å². The molecule has 41 nitrogen and oxygen atoms in total. The largest absolute Gasteiger partial charge is 0.394 e. The van der Waals surface area contributed by atoms with Gasteiger partial charge >= 0.3 is 0 Å². The lowest BCUT2D eigenvalue weighted by atomic mass is 9.82. The van der Waals surface area contributed by atoms with Gasteiger partial charge in [0.05, 0.1) is 97.2 Å². The molecule has 0 unspecified atom stereocenters. The van der Waals surface area contributed by atoms with E-state index in [0.717, 1.165) is 0 Å². The molecule has 0 bridgehead atoms. The van der Waals surface area contributed by atoms with Crippen LogP contribution >= 0.6 is 0 Å². The average molecular weight is 1590 g/mol. The maximum Gasteiger partial charge on any atom is 0.234 e. The molecule has 5 rings (SSSR count). The molecule has 0 aromatic rings. The summed E-state index contributed by atoms with van der Waals surface area (Å²) in [5.74, 6) is -3.48. The summed E-state index contributed by atoms with van der Waals surface area (Å²) in [6, 6.07) is 0. The summed E-state index contributed by atoms with van der Waals surface area (Å²) in [6.45, 7) is 0.792. The van der Waals surface area contributed by atoms with Crippen LogP contribution < -0.4 is 31.9 Å². The van der Waals surface area contributed by atoms with Crippen molar-refractivity contribution >= 4 is 47.0 Å². The van der Waals surface area contributed by atoms with Crippen LogP contribution in [0.4, 0.5) is 0 Å². The minimum atomic E-state index is -1.95. The summed E-state index contributed by atoms with van der Waals surface area (Å²) in [5, 5.41) is 182. The minimum Gasteiger partial charge on any atom is -0.394 e. The molecule has 41 heteroatoms. The zero-order valence-electron chi connectivity index (χ0n) is 62.8. The van der Waals surface area contributed by atoms with Gasteiger partial charge in [-0.1, -0.05) is 26.7 Å². The molecule has 4 saturated heterocycles. The number of nitrogens with one attached hydrogen (secondary N) is 6. The first-order chi connectivity index (χ1) is 52.4. The van der Waals surface area contributed by atoms with Crippen LogP contribution in [0.2, 0.25) is 0 Å². The monoisotopic (exact) mass is 1590 g/mol. The number of rotatable bonds is 51. The first-order valence-electron chi connectivity index (χ1n) is 38.0. The summed E-state index contributed by atoms with van der Waals surface area (Å²) in [6.07, 6.45) is -30.9. The van der Waals surface area contributed by atoms with Gasteiger partial charge in [-0.3, -0.25) is 48.2 Å². The van der Waals surface area contributed by atoms with Gasteiger partial charge in [-0.05, 0) is 70.6 Å². The van der Waals surface area contributed by atoms with Crippen molar-refractivity contribution in [3.63, 3.8) is 0 Å². The van der Waals surface area contributed by atoms with Gasteiger partial charge in [-0.15, -0.1) is 0 Å². The molecule has 110 heavy (non-hydrogen) atoms. The molecular formula is C69H122N8O33. The van der Waals surface area contributed by atoms with Crippen LogP contribution in [0.5, 0.6) is 0 Å². The summed E-state index contributed by atoms with van der Waals surface area (Å²) >= 11 is 0. The second-order valence-electron chi connectivity index (χ2n) is 28.5. The first-order valence-corrected chi connectivity index (χ1v) is 38.0. The molecule has 6 amide bonds. The zero-order valence-corrected chi connectivity index (χ0v) is 62.8. The highest BCUT2D eigenvalue weighted by Gasteiger charge is 2.53. The van der Waals surface area contributed by atoms with E-state index < -0.39 is 222 Å². The second kappa shape index (κ2) is 50.4. The highest BCUT2D eigenvalue weighted by Crippen LogP contribution is 2.32. The zero-order chi connectivity index (χ0) is 81.1. The molecule has 636 valence electrons. The number of hydrogen-bond acceptors (Lipinski definition) is 35. The van der Waals surface area contributed by atoms with E-state index in [1.807, 2.05) is 0 Å². The van der Waals surface area contributed by atoms with Gasteiger partial charge in [0.15, 0.2) is 25.2 Å². The molecule has 0 spiro atoms. The molecule has 25 atom stereocenters. The maximum absolute atomic E-state index is 13.3. The fourth-order valence-corrected chi connectivity index (χ4v) is 12.8. The highest BCUT2D eigenvalue weighted by molar-refractivity contribution is 5.85. The number of aliphatic hydroxyl groups is 16. The van der Waals surface area contributed by atoms with Gasteiger partial charge in [0.1, 0.15) is 115 Å². The van der Waals surface area contributed by atoms with Crippen molar-refractivity contribution in [1.29, 1.82) is 0 Å². The van der Waals surface area contributed by atoms with Crippen molar-refractivity contribution < 1.29 is 163 Å². The standard InChI is InChI=1S/C69H122N8O33/c1-4-39(80)15-8-5-10-18-70-45(82)28-76(30-47(84)72-20-12-7-13-21-73-48(85)31-77(32-49(86)74-22-25-102-41-27-37(2)51(88)57(94)53(41)90)33-50(87)75-23-26-104-66-61(98)58(95)52(89)38(3)106-66)29-46(83)71-19-11-6-9-16-40(81)17-14-24-103-68-64(101)65(110-69-63(100)60(97)55(92)43(35-79)108-69)56(93)44(109-68)36-105-67-62(99)59(96)54(91)42(34-78)107-67/h37-38,41-44,51-69,78-79,88-101H,4-36H2,1-3H3,(H,70,82)(H,71,83)(H,72,84)(H,73,85)(H,74,86)(H,75,87)/t37-,38+,41-,42-,43-,44-,51-,52-,53-,54-,55-,56-,57-,58+,59+,60+,61+,62+,63+,64+,65+,66-,67+,68+,69-/m1/s1. The molecule has 4 aliphatic heterocycles. The van der Waals surface area contributed by atoms with E-state index >= 15 is 0 Å². The number of unbranched alkanes of at least 4 members (excludes halogenated alkanes) is 6. The lowest BCUT2D eigenvalue weighted by molar-refractivity contribution is -0.366. The fraction of sp³-hybridized carbons (Fsp3) is 0.884. The number of ketones is 2. The van der Waals surface area contributed by atoms with Crippen LogP contribution in [0, 0.1) is 5.92 Å². The summed E-state index contributed by atoms with van der Waals surface area (Å²) in [5.41, 5.74) is 0. The third kappa shape index (κ3) is 32.0. The number of hydrogen-bond donors (Lipinski definition) is 22. The van der Waals surface area contributed by atoms with Gasteiger partial charge in [0, 0.05) is 65.0 Å². The predicted molar refractivity (Wildman–Crippen MR) is 376 cm³/mol. The van der Waals surface area contributed by atoms with Gasteiger partial charge < -0.3 is 156 Å². The van der Waals surface area contributed by atoms with Crippen LogP contribution in [-0.4, -0.2) is 404 Å². The molecular weight excluding hydrogens is 1470 g/mol. The van der Waals surface area contributed by atoms with E-state index in [0.29, 0.717) is 77.2 Å². The molecule has 1 saturated carbocycles. The van der Waals surface area contributed by atoms with E-state index in [-0.39, 0.29) is 115 Å². The topological polar surface area (TPSA) is 622 Å². The smallest absolute Gasteiger partial charge is 0.234 e. The Bertz CT molecular complexity index is 2690. The Morgan fingerprint density at radius 1 is 0.355 bits per heavy atom. The third-order valence-electron chi connectivity index (χ3n) is 19.5. The Morgan fingerprint density at radius 3 is 1.20 bits per heavy atom. The Kier molecular flexibility index (Phi) is 43.9. The number of Topliss-reactive ketones (excluding diaryl/α,β-unsaturated/α-hetero) is 2. The lowest BCUT2D eigenvalue weighted by Gasteiger charge is -2.46. The number of aliphatic hydroxyl groups excluding tert-OH is 16. The summed E-state index contributed by atoms with van der Waals surface area (Å²) < 4.78 is 50.3. The fourth-order valence-electron chi connectivity index (χ4n) is 12.8. The average Bonchev–Trinajstić information content (AvgIpc) is 0.793. The molecule has 5 aliphatic rings. The molecule has 0 aromatic carbocycles. The van der Waals surface area contributed by atoms with Crippen molar-refractivity contribution in [3.8, 4) is 0 Å². The molecule has 5 fully saturated rings. The highest BCUT2D eigenvalue weighted by atomic mass is 16.8. The quantitative estimate of drug-likeness (QED) is 0.0252. The van der Waals surface area contributed by atoms with Crippen LogP contribution in [0.1, 0.15) is 117 Å². The van der Waals surface area contributed by atoms with Crippen LogP contribution in [0.3, 0.4) is 0 Å².